The zero-order valence-corrected chi connectivity index (χ0v) is 18.8. The Hall–Kier alpha value is -2.68. The van der Waals surface area contributed by atoms with Crippen molar-refractivity contribution < 1.29 is 14.3 Å². The fourth-order valence-electron chi connectivity index (χ4n) is 3.90. The van der Waals surface area contributed by atoms with Crippen molar-refractivity contribution in [2.45, 2.75) is 18.6 Å². The number of para-hydroxylation sites is 2. The summed E-state index contributed by atoms with van der Waals surface area (Å²) >= 11 is 3.33. The molecule has 4 heterocycles. The predicted octanol–water partition coefficient (Wildman–Crippen LogP) is 4.26. The largest absolute Gasteiger partial charge is 0.486 e. The number of carbonyl (C=O) groups excluding carboxylic acids is 1. The lowest BCUT2D eigenvalue weighted by molar-refractivity contribution is -0.134. The quantitative estimate of drug-likeness (QED) is 0.560. The van der Waals surface area contributed by atoms with Crippen LogP contribution < -0.4 is 9.47 Å². The van der Waals surface area contributed by atoms with Gasteiger partial charge in [-0.2, -0.15) is 5.10 Å². The first-order valence-electron chi connectivity index (χ1n) is 10.2. The molecular weight excluding hydrogens is 430 g/mol. The van der Waals surface area contributed by atoms with E-state index < -0.39 is 0 Å². The molecule has 0 unspecified atom stereocenters. The summed E-state index contributed by atoms with van der Waals surface area (Å²) in [7, 11) is 1.93. The molecule has 1 aromatic carbocycles. The number of likely N-dealkylation sites (N-methyl/N-ethyl adjacent to an activating group) is 1. The van der Waals surface area contributed by atoms with Crippen molar-refractivity contribution in [1.82, 2.24) is 9.91 Å². The Morgan fingerprint density at radius 3 is 2.71 bits per heavy atom. The maximum Gasteiger partial charge on any atom is 0.257 e. The summed E-state index contributed by atoms with van der Waals surface area (Å²) in [6, 6.07) is 15.8. The Kier molecular flexibility index (Phi) is 5.76. The Morgan fingerprint density at radius 2 is 1.94 bits per heavy atom. The second-order valence-corrected chi connectivity index (χ2v) is 9.62. The van der Waals surface area contributed by atoms with E-state index in [4.69, 9.17) is 14.6 Å². The molecule has 0 saturated heterocycles. The molecule has 2 aliphatic heterocycles. The molecule has 6 nitrogen and oxygen atoms in total. The fraction of sp³-hybridized carbons (Fsp3) is 0.304. The van der Waals surface area contributed by atoms with Crippen LogP contribution in [0.1, 0.15) is 22.2 Å². The van der Waals surface area contributed by atoms with Gasteiger partial charge in [-0.25, -0.2) is 5.01 Å². The molecule has 2 aliphatic rings. The SMILES string of the molecule is CN(CC(=O)N1N=C(c2cccs2)C[C@@H]1c1cccs1)C[C@@H]1COc2ccccc2O1. The summed E-state index contributed by atoms with van der Waals surface area (Å²) in [5.41, 5.74) is 0.977. The third-order valence-corrected chi connectivity index (χ3v) is 7.22. The summed E-state index contributed by atoms with van der Waals surface area (Å²) in [5, 5.41) is 10.5. The molecule has 31 heavy (non-hydrogen) atoms. The van der Waals surface area contributed by atoms with E-state index in [1.165, 1.54) is 0 Å². The van der Waals surface area contributed by atoms with Gasteiger partial charge in [0.25, 0.3) is 5.91 Å². The fourth-order valence-corrected chi connectivity index (χ4v) is 5.44. The first-order chi connectivity index (χ1) is 15.2. The molecule has 2 atom stereocenters. The van der Waals surface area contributed by atoms with Crippen molar-refractivity contribution in [3.05, 3.63) is 69.0 Å². The van der Waals surface area contributed by atoms with E-state index in [1.54, 1.807) is 27.7 Å². The predicted molar refractivity (Wildman–Crippen MR) is 123 cm³/mol. The maximum absolute atomic E-state index is 13.2. The van der Waals surface area contributed by atoms with Gasteiger partial charge in [0.05, 0.1) is 23.2 Å². The van der Waals surface area contributed by atoms with E-state index in [-0.39, 0.29) is 24.6 Å². The number of nitrogens with zero attached hydrogens (tertiary/aromatic N) is 3. The molecular formula is C23H23N3O3S2. The minimum atomic E-state index is -0.121. The lowest BCUT2D eigenvalue weighted by atomic mass is 10.1. The van der Waals surface area contributed by atoms with Gasteiger partial charge in [0.2, 0.25) is 0 Å². The zero-order valence-electron chi connectivity index (χ0n) is 17.1. The van der Waals surface area contributed by atoms with E-state index in [0.717, 1.165) is 33.4 Å². The molecule has 0 aliphatic carbocycles. The Balaban J connectivity index is 1.26. The molecule has 0 saturated carbocycles. The average molecular weight is 454 g/mol. The number of rotatable bonds is 6. The molecule has 1 amide bonds. The molecule has 0 N–H and O–H groups in total. The van der Waals surface area contributed by atoms with Crippen LogP contribution in [0.5, 0.6) is 11.5 Å². The molecule has 3 aromatic rings. The van der Waals surface area contributed by atoms with E-state index in [0.29, 0.717) is 13.2 Å². The molecule has 0 spiro atoms. The summed E-state index contributed by atoms with van der Waals surface area (Å²) in [6.07, 6.45) is 0.622. The number of amides is 1. The number of ether oxygens (including phenoxy) is 2. The van der Waals surface area contributed by atoms with E-state index >= 15 is 0 Å². The number of carbonyl (C=O) groups is 1. The van der Waals surface area contributed by atoms with Crippen molar-refractivity contribution in [2.75, 3.05) is 26.7 Å². The lowest BCUT2D eigenvalue weighted by Gasteiger charge is -2.30. The number of thiophene rings is 2. The van der Waals surface area contributed by atoms with Crippen molar-refractivity contribution in [1.29, 1.82) is 0 Å². The lowest BCUT2D eigenvalue weighted by Crippen LogP contribution is -2.43. The third-order valence-electron chi connectivity index (χ3n) is 5.33. The van der Waals surface area contributed by atoms with E-state index in [1.807, 2.05) is 59.1 Å². The molecule has 0 fully saturated rings. The van der Waals surface area contributed by atoms with Crippen LogP contribution in [0.2, 0.25) is 0 Å². The van der Waals surface area contributed by atoms with Crippen molar-refractivity contribution in [2.24, 2.45) is 5.10 Å². The van der Waals surface area contributed by atoms with Gasteiger partial charge in [-0.15, -0.1) is 22.7 Å². The minimum absolute atomic E-state index is 0.00964. The van der Waals surface area contributed by atoms with Crippen molar-refractivity contribution >= 4 is 34.3 Å². The highest BCUT2D eigenvalue weighted by Gasteiger charge is 2.34. The van der Waals surface area contributed by atoms with Crippen LogP contribution in [-0.2, 0) is 4.79 Å². The van der Waals surface area contributed by atoms with Gasteiger partial charge in [0, 0.05) is 17.8 Å². The highest BCUT2D eigenvalue weighted by atomic mass is 32.1. The van der Waals surface area contributed by atoms with Gasteiger partial charge in [0.1, 0.15) is 12.7 Å². The monoisotopic (exact) mass is 453 g/mol. The van der Waals surface area contributed by atoms with Crippen LogP contribution in [0.15, 0.2) is 64.4 Å². The summed E-state index contributed by atoms with van der Waals surface area (Å²) in [4.78, 5) is 17.5. The van der Waals surface area contributed by atoms with Crippen LogP contribution in [0.3, 0.4) is 0 Å². The van der Waals surface area contributed by atoms with E-state index in [2.05, 4.69) is 12.1 Å². The topological polar surface area (TPSA) is 54.4 Å². The first kappa shape index (κ1) is 20.2. The molecule has 8 heteroatoms. The Bertz CT molecular complexity index is 1070. The maximum atomic E-state index is 13.2. The third kappa shape index (κ3) is 4.37. The highest BCUT2D eigenvalue weighted by molar-refractivity contribution is 7.12. The summed E-state index contributed by atoms with van der Waals surface area (Å²) < 4.78 is 11.8. The number of hydrogen-bond acceptors (Lipinski definition) is 7. The molecule has 0 radical (unpaired) electrons. The van der Waals surface area contributed by atoms with Crippen LogP contribution in [0.4, 0.5) is 0 Å². The molecule has 5 rings (SSSR count). The van der Waals surface area contributed by atoms with Gasteiger partial charge in [-0.1, -0.05) is 24.3 Å². The number of benzene rings is 1. The van der Waals surface area contributed by atoms with Crippen molar-refractivity contribution in [3.8, 4) is 11.5 Å². The van der Waals surface area contributed by atoms with Gasteiger partial charge in [-0.3, -0.25) is 9.69 Å². The van der Waals surface area contributed by atoms with Crippen LogP contribution >= 0.6 is 22.7 Å². The van der Waals surface area contributed by atoms with E-state index in [9.17, 15) is 4.79 Å². The average Bonchev–Trinajstić information content (AvgIpc) is 3.54. The van der Waals surface area contributed by atoms with Gasteiger partial charge >= 0.3 is 0 Å². The Labute approximate surface area is 189 Å². The standard InChI is InChI=1S/C23H23N3O3S2/c1-25(13-16-15-28-19-6-2-3-7-20(19)29-16)14-23(27)26-18(22-9-5-11-31-22)12-17(24-26)21-8-4-10-30-21/h2-11,16,18H,12-15H2,1H3/t16-,18-/m1/s1. The second kappa shape index (κ2) is 8.82. The molecule has 2 aromatic heterocycles. The van der Waals surface area contributed by atoms with Crippen molar-refractivity contribution in [3.63, 3.8) is 0 Å². The van der Waals surface area contributed by atoms with Gasteiger partial charge < -0.3 is 9.47 Å². The number of fused-ring (bicyclic) bond motifs is 1. The smallest absolute Gasteiger partial charge is 0.257 e. The molecule has 160 valence electrons. The first-order valence-corrected chi connectivity index (χ1v) is 12.0. The van der Waals surface area contributed by atoms with Crippen LogP contribution in [0.25, 0.3) is 0 Å². The zero-order chi connectivity index (χ0) is 21.2. The number of hydrazone groups is 1. The normalized spacial score (nSPS) is 20.2. The van der Waals surface area contributed by atoms with Gasteiger partial charge in [0.15, 0.2) is 11.5 Å². The highest BCUT2D eigenvalue weighted by Crippen LogP contribution is 2.36. The Morgan fingerprint density at radius 1 is 1.13 bits per heavy atom. The number of hydrogen-bond donors (Lipinski definition) is 0. The minimum Gasteiger partial charge on any atom is -0.486 e. The van der Waals surface area contributed by atoms with Crippen LogP contribution in [-0.4, -0.2) is 54.4 Å². The van der Waals surface area contributed by atoms with Crippen LogP contribution in [0, 0.1) is 0 Å². The second-order valence-electron chi connectivity index (χ2n) is 7.69. The molecule has 0 bridgehead atoms. The summed E-state index contributed by atoms with van der Waals surface area (Å²) in [6.45, 7) is 1.33. The van der Waals surface area contributed by atoms with Gasteiger partial charge in [-0.05, 0) is 42.1 Å². The summed E-state index contributed by atoms with van der Waals surface area (Å²) in [5.74, 6) is 1.51.